The van der Waals surface area contributed by atoms with E-state index in [2.05, 4.69) is 15.0 Å². The van der Waals surface area contributed by atoms with Crippen LogP contribution in [0.5, 0.6) is 0 Å². The van der Waals surface area contributed by atoms with Crippen molar-refractivity contribution in [3.63, 3.8) is 0 Å². The highest BCUT2D eigenvalue weighted by Gasteiger charge is 2.29. The molecule has 4 rings (SSSR count). The van der Waals surface area contributed by atoms with Crippen LogP contribution in [0.1, 0.15) is 31.4 Å². The minimum absolute atomic E-state index is 0.171. The van der Waals surface area contributed by atoms with Crippen LogP contribution in [0.2, 0.25) is 5.02 Å². The van der Waals surface area contributed by atoms with Crippen LogP contribution in [-0.2, 0) is 0 Å². The number of aromatic nitrogens is 2. The van der Waals surface area contributed by atoms with Gasteiger partial charge in [-0.15, -0.1) is 0 Å². The lowest BCUT2D eigenvalue weighted by atomic mass is 9.90. The standard InChI is InChI=1S/C18H19ClN4O/c19-14-2-1-3-15-18(14)22-9-16(23-15)13(17(20)10-4-5-10)8-21-11-6-12(24)7-11/h1-3,8-12,24H,4-7,20H2. The normalized spacial score (nSPS) is 24.9. The number of hydrogen-bond donors (Lipinski definition) is 2. The second kappa shape index (κ2) is 6.15. The first-order chi connectivity index (χ1) is 11.6. The first-order valence-electron chi connectivity index (χ1n) is 8.24. The third-order valence-corrected chi connectivity index (χ3v) is 4.93. The molecule has 0 bridgehead atoms. The molecule has 124 valence electrons. The van der Waals surface area contributed by atoms with Crippen molar-refractivity contribution in [1.82, 2.24) is 9.97 Å². The first kappa shape index (κ1) is 15.5. The number of aliphatic hydroxyl groups is 1. The van der Waals surface area contributed by atoms with E-state index in [1.54, 1.807) is 12.3 Å². The summed E-state index contributed by atoms with van der Waals surface area (Å²) in [5.74, 6) is 0.412. The molecule has 3 N–H and O–H groups in total. The topological polar surface area (TPSA) is 84.4 Å². The summed E-state index contributed by atoms with van der Waals surface area (Å²) in [4.78, 5) is 13.7. The van der Waals surface area contributed by atoms with Gasteiger partial charge in [-0.2, -0.15) is 0 Å². The number of allylic oxidation sites excluding steroid dienone is 2. The Morgan fingerprint density at radius 1 is 1.33 bits per heavy atom. The van der Waals surface area contributed by atoms with Gasteiger partial charge in [0.15, 0.2) is 0 Å². The molecule has 1 aromatic heterocycles. The molecule has 0 saturated heterocycles. The Hall–Kier alpha value is -1.98. The summed E-state index contributed by atoms with van der Waals surface area (Å²) < 4.78 is 0. The van der Waals surface area contributed by atoms with E-state index in [-0.39, 0.29) is 12.1 Å². The van der Waals surface area contributed by atoms with Crippen LogP contribution in [0, 0.1) is 5.92 Å². The SMILES string of the molecule is NC(=C(C=NC1CC(O)C1)c1cnc2c(Cl)cccc2n1)C1CC1. The largest absolute Gasteiger partial charge is 0.401 e. The predicted octanol–water partition coefficient (Wildman–Crippen LogP) is 2.96. The van der Waals surface area contributed by atoms with Crippen molar-refractivity contribution >= 4 is 34.4 Å². The van der Waals surface area contributed by atoms with Gasteiger partial charge in [0.1, 0.15) is 5.52 Å². The summed E-state index contributed by atoms with van der Waals surface area (Å²) >= 11 is 6.17. The van der Waals surface area contributed by atoms with E-state index in [1.165, 1.54) is 0 Å². The lowest BCUT2D eigenvalue weighted by Gasteiger charge is -2.27. The Labute approximate surface area is 145 Å². The highest BCUT2D eigenvalue weighted by atomic mass is 35.5. The van der Waals surface area contributed by atoms with Crippen LogP contribution in [0.4, 0.5) is 0 Å². The number of fused-ring (bicyclic) bond motifs is 1. The van der Waals surface area contributed by atoms with Gasteiger partial charge in [0, 0.05) is 17.5 Å². The zero-order valence-electron chi connectivity index (χ0n) is 13.2. The molecule has 5 nitrogen and oxygen atoms in total. The Bertz CT molecular complexity index is 838. The van der Waals surface area contributed by atoms with Crippen LogP contribution < -0.4 is 5.73 Å². The summed E-state index contributed by atoms with van der Waals surface area (Å²) in [7, 11) is 0. The van der Waals surface area contributed by atoms with E-state index < -0.39 is 0 Å². The molecule has 0 aliphatic heterocycles. The van der Waals surface area contributed by atoms with Crippen molar-refractivity contribution in [2.75, 3.05) is 0 Å². The molecule has 2 saturated carbocycles. The Morgan fingerprint density at radius 3 is 2.83 bits per heavy atom. The fraction of sp³-hybridized carbons (Fsp3) is 0.389. The maximum absolute atomic E-state index is 9.41. The molecule has 2 aliphatic rings. The molecular weight excluding hydrogens is 324 g/mol. The summed E-state index contributed by atoms with van der Waals surface area (Å²) in [5.41, 5.74) is 10.2. The zero-order valence-corrected chi connectivity index (χ0v) is 13.9. The van der Waals surface area contributed by atoms with Crippen LogP contribution in [0.25, 0.3) is 16.6 Å². The van der Waals surface area contributed by atoms with Crippen molar-refractivity contribution in [3.8, 4) is 0 Å². The lowest BCUT2D eigenvalue weighted by molar-refractivity contribution is 0.0780. The second-order valence-corrected chi connectivity index (χ2v) is 6.97. The van der Waals surface area contributed by atoms with Crippen molar-refractivity contribution in [3.05, 3.63) is 40.8 Å². The van der Waals surface area contributed by atoms with Gasteiger partial charge in [0.2, 0.25) is 0 Å². The summed E-state index contributed by atoms with van der Waals surface area (Å²) in [5, 5.41) is 9.99. The van der Waals surface area contributed by atoms with Crippen molar-refractivity contribution < 1.29 is 5.11 Å². The molecule has 6 heteroatoms. The number of aliphatic hydroxyl groups excluding tert-OH is 1. The first-order valence-corrected chi connectivity index (χ1v) is 8.62. The molecular formula is C18H19ClN4O. The average molecular weight is 343 g/mol. The predicted molar refractivity (Wildman–Crippen MR) is 95.9 cm³/mol. The van der Waals surface area contributed by atoms with Crippen molar-refractivity contribution in [2.45, 2.75) is 37.8 Å². The molecule has 0 amide bonds. The third-order valence-electron chi connectivity index (χ3n) is 4.63. The van der Waals surface area contributed by atoms with Gasteiger partial charge in [-0.05, 0) is 43.7 Å². The highest BCUT2D eigenvalue weighted by Crippen LogP contribution is 2.37. The number of para-hydroxylation sites is 1. The number of nitrogens with two attached hydrogens (primary N) is 1. The molecule has 0 radical (unpaired) electrons. The smallest absolute Gasteiger partial charge is 0.107 e. The molecule has 24 heavy (non-hydrogen) atoms. The van der Waals surface area contributed by atoms with Crippen molar-refractivity contribution in [2.24, 2.45) is 16.6 Å². The minimum Gasteiger partial charge on any atom is -0.401 e. The lowest BCUT2D eigenvalue weighted by Crippen LogP contribution is -2.31. The van der Waals surface area contributed by atoms with E-state index >= 15 is 0 Å². The van der Waals surface area contributed by atoms with Crippen LogP contribution in [0.15, 0.2) is 35.1 Å². The van der Waals surface area contributed by atoms with E-state index in [0.29, 0.717) is 29.3 Å². The number of benzene rings is 1. The van der Waals surface area contributed by atoms with E-state index in [1.807, 2.05) is 18.3 Å². The minimum atomic E-state index is -0.219. The van der Waals surface area contributed by atoms with Crippen molar-refractivity contribution in [1.29, 1.82) is 0 Å². The Morgan fingerprint density at radius 2 is 2.12 bits per heavy atom. The quantitative estimate of drug-likeness (QED) is 0.836. The van der Waals surface area contributed by atoms with E-state index in [0.717, 1.165) is 35.3 Å². The van der Waals surface area contributed by atoms with E-state index in [4.69, 9.17) is 17.3 Å². The number of nitrogens with zero attached hydrogens (tertiary/aromatic N) is 3. The van der Waals surface area contributed by atoms with Gasteiger partial charge in [-0.3, -0.25) is 9.98 Å². The molecule has 2 aromatic rings. The molecule has 1 aromatic carbocycles. The van der Waals surface area contributed by atoms with Crippen LogP contribution in [0.3, 0.4) is 0 Å². The van der Waals surface area contributed by atoms with E-state index in [9.17, 15) is 5.11 Å². The fourth-order valence-corrected chi connectivity index (χ4v) is 3.12. The maximum Gasteiger partial charge on any atom is 0.107 e. The van der Waals surface area contributed by atoms with Gasteiger partial charge in [-0.25, -0.2) is 4.98 Å². The second-order valence-electron chi connectivity index (χ2n) is 6.56. The number of hydrogen-bond acceptors (Lipinski definition) is 5. The number of aliphatic imine (C=N–C) groups is 1. The van der Waals surface area contributed by atoms with Gasteiger partial charge in [0.05, 0.1) is 34.6 Å². The Balaban J connectivity index is 1.72. The third kappa shape index (κ3) is 3.01. The highest BCUT2D eigenvalue weighted by molar-refractivity contribution is 6.34. The molecule has 2 fully saturated rings. The average Bonchev–Trinajstić information content (AvgIpc) is 3.38. The molecule has 2 aliphatic carbocycles. The summed E-state index contributed by atoms with van der Waals surface area (Å²) in [6.07, 6.45) is 6.95. The van der Waals surface area contributed by atoms with Gasteiger partial charge in [-0.1, -0.05) is 17.7 Å². The molecule has 0 spiro atoms. The molecule has 1 heterocycles. The zero-order chi connectivity index (χ0) is 16.7. The van der Waals surface area contributed by atoms with Crippen LogP contribution in [-0.4, -0.2) is 33.4 Å². The summed E-state index contributed by atoms with van der Waals surface area (Å²) in [6.45, 7) is 0. The Kier molecular flexibility index (Phi) is 3.98. The van der Waals surface area contributed by atoms with Gasteiger partial charge >= 0.3 is 0 Å². The van der Waals surface area contributed by atoms with Gasteiger partial charge in [0.25, 0.3) is 0 Å². The fourth-order valence-electron chi connectivity index (χ4n) is 2.90. The molecule has 0 unspecified atom stereocenters. The van der Waals surface area contributed by atoms with Gasteiger partial charge < -0.3 is 10.8 Å². The molecule has 0 atom stereocenters. The number of rotatable bonds is 4. The number of halogens is 1. The maximum atomic E-state index is 9.41. The monoisotopic (exact) mass is 342 g/mol. The van der Waals surface area contributed by atoms with Crippen LogP contribution >= 0.6 is 11.6 Å². The summed E-state index contributed by atoms with van der Waals surface area (Å²) in [6, 6.07) is 5.73.